The van der Waals surface area contributed by atoms with E-state index in [0.717, 1.165) is 27.3 Å². The zero-order valence-electron chi connectivity index (χ0n) is 22.8. The second-order valence-electron chi connectivity index (χ2n) is 11.5. The van der Waals surface area contributed by atoms with Gasteiger partial charge in [0.25, 0.3) is 0 Å². The average Bonchev–Trinajstić information content (AvgIpc) is 3.55. The second-order valence-corrected chi connectivity index (χ2v) is 11.5. The Hall–Kier alpha value is -5.34. The molecule has 10 rings (SSSR count). The lowest BCUT2D eigenvalue weighted by Gasteiger charge is -2.09. The fourth-order valence-corrected chi connectivity index (χ4v) is 7.40. The summed E-state index contributed by atoms with van der Waals surface area (Å²) in [5, 5.41) is 14.5. The molecule has 0 fully saturated rings. The molecule has 2 aliphatic rings. The number of carbonyl (C=O) groups excluding carboxylic acids is 2. The van der Waals surface area contributed by atoms with Crippen LogP contribution in [-0.2, 0) is 12.8 Å². The smallest absolute Gasteiger partial charge is 0.167 e. The summed E-state index contributed by atoms with van der Waals surface area (Å²) in [6, 6.07) is 42.1. The molecule has 8 aromatic rings. The van der Waals surface area contributed by atoms with Crippen molar-refractivity contribution in [1.82, 2.24) is 0 Å². The molecule has 0 saturated heterocycles. The van der Waals surface area contributed by atoms with E-state index in [-0.39, 0.29) is 11.6 Å². The summed E-state index contributed by atoms with van der Waals surface area (Å²) in [5.41, 5.74) is 4.18. The molecule has 0 bridgehead atoms. The minimum Gasteiger partial charge on any atom is -0.294 e. The van der Waals surface area contributed by atoms with Gasteiger partial charge in [0.1, 0.15) is 0 Å². The number of hydrogen-bond donors (Lipinski definition) is 0. The molecule has 0 amide bonds. The summed E-state index contributed by atoms with van der Waals surface area (Å²) in [6.45, 7) is 0. The molecule has 0 aromatic heterocycles. The molecule has 0 aliphatic heterocycles. The van der Waals surface area contributed by atoms with Crippen molar-refractivity contribution >= 4 is 76.2 Å². The Morgan fingerprint density at radius 3 is 1.71 bits per heavy atom. The predicted octanol–water partition coefficient (Wildman–Crippen LogP) is 9.77. The van der Waals surface area contributed by atoms with Gasteiger partial charge < -0.3 is 0 Å². The maximum atomic E-state index is 12.4. The minimum atomic E-state index is 0.247. The van der Waals surface area contributed by atoms with Crippen LogP contribution in [0.5, 0.6) is 0 Å². The van der Waals surface area contributed by atoms with Crippen LogP contribution in [0.4, 0.5) is 0 Å². The van der Waals surface area contributed by atoms with Crippen molar-refractivity contribution < 1.29 is 9.59 Å². The lowest BCUT2D eigenvalue weighted by molar-refractivity contribution is 0.0992. The van der Waals surface area contributed by atoms with E-state index in [1.165, 1.54) is 59.6 Å². The van der Waals surface area contributed by atoms with E-state index < -0.39 is 0 Å². The first-order valence-corrected chi connectivity index (χ1v) is 14.4. The lowest BCUT2D eigenvalue weighted by atomic mass is 9.94. The molecular weight excluding hydrogens is 512 g/mol. The highest BCUT2D eigenvalue weighted by Crippen LogP contribution is 2.41. The van der Waals surface area contributed by atoms with Gasteiger partial charge in [-0.3, -0.25) is 9.59 Å². The predicted molar refractivity (Wildman–Crippen MR) is 174 cm³/mol. The highest BCUT2D eigenvalue weighted by molar-refractivity contribution is 6.27. The first-order valence-electron chi connectivity index (χ1n) is 14.4. The number of fused-ring (bicyclic) bond motifs is 8. The van der Waals surface area contributed by atoms with Crippen molar-refractivity contribution in [3.8, 4) is 0 Å². The van der Waals surface area contributed by atoms with Gasteiger partial charge in [0.15, 0.2) is 11.6 Å². The number of Topliss-reactive ketones (excluding diaryl/α,β-unsaturated/α-hetero) is 2. The van der Waals surface area contributed by atoms with E-state index >= 15 is 0 Å². The summed E-state index contributed by atoms with van der Waals surface area (Å²) in [4.78, 5) is 24.7. The third-order valence-corrected chi connectivity index (χ3v) is 9.25. The zero-order valence-corrected chi connectivity index (χ0v) is 22.8. The Morgan fingerprint density at radius 1 is 0.357 bits per heavy atom. The van der Waals surface area contributed by atoms with E-state index in [9.17, 15) is 9.59 Å². The third-order valence-electron chi connectivity index (χ3n) is 9.25. The Kier molecular flexibility index (Phi) is 4.77. The largest absolute Gasteiger partial charge is 0.294 e. The van der Waals surface area contributed by atoms with Crippen molar-refractivity contribution in [1.29, 1.82) is 0 Å². The maximum Gasteiger partial charge on any atom is 0.167 e. The van der Waals surface area contributed by atoms with Crippen LogP contribution in [0.1, 0.15) is 31.8 Å². The molecule has 2 heteroatoms. The van der Waals surface area contributed by atoms with Gasteiger partial charge in [0, 0.05) is 24.0 Å². The van der Waals surface area contributed by atoms with E-state index in [4.69, 9.17) is 0 Å². The molecule has 0 N–H and O–H groups in total. The molecule has 2 nitrogen and oxygen atoms in total. The number of hydrogen-bond acceptors (Lipinski definition) is 2. The molecule has 0 unspecified atom stereocenters. The minimum absolute atomic E-state index is 0.247. The second kappa shape index (κ2) is 8.58. The Labute approximate surface area is 241 Å². The Balaban J connectivity index is 0.000000119. The fraction of sp³-hybridized carbons (Fsp3) is 0.0500. The number of benzene rings is 8. The van der Waals surface area contributed by atoms with Crippen LogP contribution >= 0.6 is 0 Å². The quantitative estimate of drug-likeness (QED) is 0.143. The molecule has 0 heterocycles. The SMILES string of the molecule is O=C1Cc2c3ccc4ccccc4c3cc3cccc1c23.O=C1Cc2c3ccccc3cc3c2c1cc1ccccc13. The van der Waals surface area contributed by atoms with E-state index in [1.54, 1.807) is 0 Å². The number of carbonyl (C=O) groups is 2. The van der Waals surface area contributed by atoms with Crippen LogP contribution in [0.15, 0.2) is 121 Å². The fourth-order valence-electron chi connectivity index (χ4n) is 7.40. The normalized spacial score (nSPS) is 13.6. The maximum absolute atomic E-state index is 12.4. The van der Waals surface area contributed by atoms with Gasteiger partial charge in [-0.2, -0.15) is 0 Å². The van der Waals surface area contributed by atoms with Crippen LogP contribution in [0.25, 0.3) is 64.6 Å². The van der Waals surface area contributed by atoms with Crippen molar-refractivity contribution in [2.45, 2.75) is 12.8 Å². The van der Waals surface area contributed by atoms with Gasteiger partial charge in [-0.25, -0.2) is 0 Å². The van der Waals surface area contributed by atoms with Crippen molar-refractivity contribution in [2.75, 3.05) is 0 Å². The van der Waals surface area contributed by atoms with Crippen molar-refractivity contribution in [3.63, 3.8) is 0 Å². The summed E-state index contributed by atoms with van der Waals surface area (Å²) in [6.07, 6.45) is 1.06. The Morgan fingerprint density at radius 2 is 0.929 bits per heavy atom. The molecule has 0 radical (unpaired) electrons. The highest BCUT2D eigenvalue weighted by Gasteiger charge is 2.26. The molecule has 2 aliphatic carbocycles. The van der Waals surface area contributed by atoms with Gasteiger partial charge in [-0.05, 0) is 94.0 Å². The zero-order chi connectivity index (χ0) is 27.9. The highest BCUT2D eigenvalue weighted by atomic mass is 16.1. The summed E-state index contributed by atoms with van der Waals surface area (Å²) in [7, 11) is 0. The van der Waals surface area contributed by atoms with Gasteiger partial charge in [0.2, 0.25) is 0 Å². The molecule has 0 spiro atoms. The standard InChI is InChI=1S/2C20H12O/c21-19-11-17-15-8-4-1-5-12(15)9-16-14-7-3-2-6-13(14)10-18(19)20(16)17;21-19-11-18-15-9-8-12-4-1-2-6-14(12)17(15)10-13-5-3-7-16(19)20(13)18/h2*1-10H,11H2. The first kappa shape index (κ1) is 23.4. The summed E-state index contributed by atoms with van der Waals surface area (Å²) < 4.78 is 0. The van der Waals surface area contributed by atoms with Gasteiger partial charge in [-0.1, -0.05) is 103 Å². The van der Waals surface area contributed by atoms with Gasteiger partial charge in [0.05, 0.1) is 0 Å². The topological polar surface area (TPSA) is 34.1 Å². The lowest BCUT2D eigenvalue weighted by Crippen LogP contribution is -1.93. The molecule has 196 valence electrons. The first-order chi connectivity index (χ1) is 20.7. The summed E-state index contributed by atoms with van der Waals surface area (Å²) >= 11 is 0. The Bertz CT molecular complexity index is 2500. The van der Waals surface area contributed by atoms with Crippen LogP contribution in [0, 0.1) is 0 Å². The van der Waals surface area contributed by atoms with Gasteiger partial charge in [-0.15, -0.1) is 0 Å². The van der Waals surface area contributed by atoms with E-state index in [2.05, 4.69) is 97.1 Å². The van der Waals surface area contributed by atoms with Crippen molar-refractivity contribution in [2.24, 2.45) is 0 Å². The van der Waals surface area contributed by atoms with Crippen LogP contribution in [0.3, 0.4) is 0 Å². The monoisotopic (exact) mass is 536 g/mol. The molecule has 42 heavy (non-hydrogen) atoms. The number of ketones is 2. The van der Waals surface area contributed by atoms with Crippen LogP contribution in [-0.4, -0.2) is 11.6 Å². The summed E-state index contributed by atoms with van der Waals surface area (Å²) in [5.74, 6) is 0.494. The molecule has 8 aromatic carbocycles. The van der Waals surface area contributed by atoms with E-state index in [0.29, 0.717) is 12.8 Å². The van der Waals surface area contributed by atoms with E-state index in [1.807, 2.05) is 24.3 Å². The van der Waals surface area contributed by atoms with Crippen LogP contribution < -0.4 is 0 Å². The molecule has 0 saturated carbocycles. The third kappa shape index (κ3) is 3.21. The molecule has 0 atom stereocenters. The van der Waals surface area contributed by atoms with Crippen LogP contribution in [0.2, 0.25) is 0 Å². The van der Waals surface area contributed by atoms with Gasteiger partial charge >= 0.3 is 0 Å². The van der Waals surface area contributed by atoms with Crippen molar-refractivity contribution in [3.05, 3.63) is 144 Å². The number of rotatable bonds is 0. The average molecular weight is 537 g/mol. The molecular formula is C40H24O2.